The van der Waals surface area contributed by atoms with Gasteiger partial charge in [0.15, 0.2) is 0 Å². The molecule has 0 N–H and O–H groups in total. The van der Waals surface area contributed by atoms with Gasteiger partial charge in [-0.05, 0) is 43.3 Å². The zero-order chi connectivity index (χ0) is 20.4. The lowest BCUT2D eigenvalue weighted by Crippen LogP contribution is -2.53. The number of likely N-dealkylation sites (tertiary alicyclic amines) is 1. The lowest BCUT2D eigenvalue weighted by molar-refractivity contribution is -0.138. The molecular formula is C21H25N3O3S2. The average molecular weight is 432 g/mol. The third-order valence-corrected chi connectivity index (χ3v) is 7.54. The molecule has 8 heteroatoms. The number of hydrogen-bond acceptors (Lipinski definition) is 5. The third kappa shape index (κ3) is 4.38. The van der Waals surface area contributed by atoms with Gasteiger partial charge in [0.1, 0.15) is 0 Å². The van der Waals surface area contributed by atoms with Crippen LogP contribution in [0, 0.1) is 12.8 Å². The summed E-state index contributed by atoms with van der Waals surface area (Å²) < 4.78 is 0. The van der Waals surface area contributed by atoms with Crippen LogP contribution in [0.1, 0.15) is 37.1 Å². The van der Waals surface area contributed by atoms with Crippen molar-refractivity contribution >= 4 is 40.4 Å². The largest absolute Gasteiger partial charge is 0.339 e. The number of carbonyl (C=O) groups excluding carboxylic acids is 3. The summed E-state index contributed by atoms with van der Waals surface area (Å²) in [7, 11) is 0. The molecule has 2 aromatic rings. The number of aryl methyl sites for hydroxylation is 1. The molecule has 6 nitrogen and oxygen atoms in total. The van der Waals surface area contributed by atoms with Gasteiger partial charge in [-0.3, -0.25) is 14.4 Å². The molecule has 3 amide bonds. The molecule has 2 aromatic heterocycles. The lowest BCUT2D eigenvalue weighted by Gasteiger charge is -2.38. The highest BCUT2D eigenvalue weighted by atomic mass is 32.1. The van der Waals surface area contributed by atoms with E-state index in [2.05, 4.69) is 0 Å². The molecule has 0 aliphatic carbocycles. The maximum absolute atomic E-state index is 12.9. The minimum absolute atomic E-state index is 0.0235. The van der Waals surface area contributed by atoms with Gasteiger partial charge in [0.05, 0.1) is 9.75 Å². The molecule has 4 heterocycles. The number of nitrogens with zero attached hydrogens (tertiary/aromatic N) is 3. The highest BCUT2D eigenvalue weighted by molar-refractivity contribution is 7.14. The van der Waals surface area contributed by atoms with Crippen LogP contribution in [0.4, 0.5) is 0 Å². The minimum atomic E-state index is -0.0235. The van der Waals surface area contributed by atoms with Gasteiger partial charge in [0.2, 0.25) is 5.91 Å². The molecule has 0 aromatic carbocycles. The molecule has 2 saturated heterocycles. The first kappa shape index (κ1) is 20.1. The quantitative estimate of drug-likeness (QED) is 0.751. The molecule has 29 heavy (non-hydrogen) atoms. The SMILES string of the molecule is Cc1ccc(C(=O)N2CCN(C(=O)C3CCN(C(=O)c4cccs4)CC3)CC2)s1. The molecule has 4 rings (SSSR count). The molecule has 2 aliphatic rings. The molecule has 0 atom stereocenters. The Kier molecular flexibility index (Phi) is 6.01. The molecule has 0 radical (unpaired) electrons. The van der Waals surface area contributed by atoms with Gasteiger partial charge < -0.3 is 14.7 Å². The second kappa shape index (κ2) is 8.67. The normalized spacial score (nSPS) is 18.2. The summed E-state index contributed by atoms with van der Waals surface area (Å²) in [6, 6.07) is 7.58. The van der Waals surface area contributed by atoms with Crippen molar-refractivity contribution < 1.29 is 14.4 Å². The van der Waals surface area contributed by atoms with E-state index < -0.39 is 0 Å². The number of piperazine rings is 1. The maximum atomic E-state index is 12.9. The van der Waals surface area contributed by atoms with Crippen LogP contribution in [0.25, 0.3) is 0 Å². The summed E-state index contributed by atoms with van der Waals surface area (Å²) in [6.07, 6.45) is 1.42. The van der Waals surface area contributed by atoms with Gasteiger partial charge in [0.25, 0.3) is 11.8 Å². The van der Waals surface area contributed by atoms with Crippen LogP contribution < -0.4 is 0 Å². The van der Waals surface area contributed by atoms with E-state index in [0.29, 0.717) is 52.1 Å². The summed E-state index contributed by atoms with van der Waals surface area (Å²) in [5, 5.41) is 1.91. The van der Waals surface area contributed by atoms with Crippen molar-refractivity contribution in [1.82, 2.24) is 14.7 Å². The Morgan fingerprint density at radius 1 is 0.828 bits per heavy atom. The monoisotopic (exact) mass is 431 g/mol. The van der Waals surface area contributed by atoms with E-state index in [1.807, 2.05) is 51.3 Å². The van der Waals surface area contributed by atoms with E-state index in [9.17, 15) is 14.4 Å². The van der Waals surface area contributed by atoms with Gasteiger partial charge >= 0.3 is 0 Å². The fraction of sp³-hybridized carbons (Fsp3) is 0.476. The van der Waals surface area contributed by atoms with E-state index >= 15 is 0 Å². The van der Waals surface area contributed by atoms with Crippen molar-refractivity contribution in [2.75, 3.05) is 39.3 Å². The van der Waals surface area contributed by atoms with Crippen molar-refractivity contribution in [3.05, 3.63) is 44.3 Å². The number of thiophene rings is 2. The van der Waals surface area contributed by atoms with E-state index in [1.165, 1.54) is 22.7 Å². The van der Waals surface area contributed by atoms with Crippen molar-refractivity contribution in [1.29, 1.82) is 0 Å². The van der Waals surface area contributed by atoms with E-state index in [-0.39, 0.29) is 23.6 Å². The summed E-state index contributed by atoms with van der Waals surface area (Å²) in [5.41, 5.74) is 0. The number of carbonyl (C=O) groups is 3. The predicted molar refractivity (Wildman–Crippen MR) is 114 cm³/mol. The zero-order valence-corrected chi connectivity index (χ0v) is 18.1. The molecule has 2 fully saturated rings. The van der Waals surface area contributed by atoms with Crippen LogP contribution >= 0.6 is 22.7 Å². The Labute approximate surface area is 178 Å². The molecule has 0 saturated carbocycles. The van der Waals surface area contributed by atoms with Crippen LogP contribution in [0.15, 0.2) is 29.6 Å². The molecule has 154 valence electrons. The standard InChI is InChI=1S/C21H25N3O3S2/c1-15-4-5-18(29-15)21(27)24-12-10-23(11-13-24)19(25)16-6-8-22(9-7-16)20(26)17-3-2-14-28-17/h2-5,14,16H,6-13H2,1H3. The van der Waals surface area contributed by atoms with Crippen molar-refractivity contribution in [3.8, 4) is 0 Å². The number of amides is 3. The number of hydrogen-bond donors (Lipinski definition) is 0. The van der Waals surface area contributed by atoms with E-state index in [4.69, 9.17) is 0 Å². The van der Waals surface area contributed by atoms with Gasteiger partial charge in [-0.25, -0.2) is 0 Å². The minimum Gasteiger partial charge on any atom is -0.339 e. The number of rotatable bonds is 3. The van der Waals surface area contributed by atoms with Gasteiger partial charge in [-0.1, -0.05) is 6.07 Å². The summed E-state index contributed by atoms with van der Waals surface area (Å²) in [4.78, 5) is 46.2. The first-order valence-electron chi connectivity index (χ1n) is 10.00. The van der Waals surface area contributed by atoms with Crippen molar-refractivity contribution in [2.24, 2.45) is 5.92 Å². The Hall–Kier alpha value is -2.19. The predicted octanol–water partition coefficient (Wildman–Crippen LogP) is 2.95. The van der Waals surface area contributed by atoms with E-state index in [0.717, 1.165) is 14.6 Å². The molecule has 0 unspecified atom stereocenters. The zero-order valence-electron chi connectivity index (χ0n) is 16.5. The Morgan fingerprint density at radius 2 is 1.45 bits per heavy atom. The van der Waals surface area contributed by atoms with Crippen LogP contribution in [0.2, 0.25) is 0 Å². The third-order valence-electron chi connectivity index (χ3n) is 5.69. The van der Waals surface area contributed by atoms with Crippen molar-refractivity contribution in [2.45, 2.75) is 19.8 Å². The topological polar surface area (TPSA) is 60.9 Å². The highest BCUT2D eigenvalue weighted by Crippen LogP contribution is 2.24. The first-order valence-corrected chi connectivity index (χ1v) is 11.7. The van der Waals surface area contributed by atoms with Crippen LogP contribution in [0.3, 0.4) is 0 Å². The van der Waals surface area contributed by atoms with Crippen LogP contribution in [0.5, 0.6) is 0 Å². The summed E-state index contributed by atoms with van der Waals surface area (Å²) in [5.74, 6) is 0.286. The Bertz CT molecular complexity index is 877. The molecular weight excluding hydrogens is 406 g/mol. The van der Waals surface area contributed by atoms with Gasteiger partial charge in [-0.2, -0.15) is 0 Å². The molecule has 0 bridgehead atoms. The number of piperidine rings is 1. The van der Waals surface area contributed by atoms with E-state index in [1.54, 1.807) is 0 Å². The van der Waals surface area contributed by atoms with Crippen LogP contribution in [-0.2, 0) is 4.79 Å². The highest BCUT2D eigenvalue weighted by Gasteiger charge is 2.33. The molecule has 0 spiro atoms. The maximum Gasteiger partial charge on any atom is 0.264 e. The average Bonchev–Trinajstić information content (AvgIpc) is 3.44. The fourth-order valence-electron chi connectivity index (χ4n) is 3.98. The second-order valence-electron chi connectivity index (χ2n) is 7.57. The Balaban J connectivity index is 1.26. The van der Waals surface area contributed by atoms with Gasteiger partial charge in [0, 0.05) is 50.1 Å². The molecule has 2 aliphatic heterocycles. The van der Waals surface area contributed by atoms with Crippen LogP contribution in [-0.4, -0.2) is 71.7 Å². The van der Waals surface area contributed by atoms with Gasteiger partial charge in [-0.15, -0.1) is 22.7 Å². The summed E-state index contributed by atoms with van der Waals surface area (Å²) in [6.45, 7) is 5.59. The lowest BCUT2D eigenvalue weighted by atomic mass is 9.95. The van der Waals surface area contributed by atoms with Crippen molar-refractivity contribution in [3.63, 3.8) is 0 Å². The smallest absolute Gasteiger partial charge is 0.264 e. The first-order chi connectivity index (χ1) is 14.0. The second-order valence-corrected chi connectivity index (χ2v) is 9.81. The summed E-state index contributed by atoms with van der Waals surface area (Å²) >= 11 is 2.98. The Morgan fingerprint density at radius 3 is 2.03 bits per heavy atom. The fourth-order valence-corrected chi connectivity index (χ4v) is 5.51.